The molecule has 2 aliphatic carbocycles. The van der Waals surface area contributed by atoms with Crippen molar-refractivity contribution >= 4 is 0 Å². The molecule has 1 saturated carbocycles. The summed E-state index contributed by atoms with van der Waals surface area (Å²) in [5.74, 6) is 1.25. The number of ether oxygens (including phenoxy) is 1. The smallest absolute Gasteiger partial charge is 0.0688 e. The van der Waals surface area contributed by atoms with Crippen molar-refractivity contribution in [3.8, 4) is 0 Å². The third kappa shape index (κ3) is 1.48. The van der Waals surface area contributed by atoms with Crippen molar-refractivity contribution in [1.82, 2.24) is 0 Å². The standard InChI is InChI=1S/C16H26O2/c1-14(11-17)7-4-8-15(2)12(14)5-9-16(3)13(15)6-10-18-16/h4,7,12-13,17H,5-6,8-11H2,1-3H3/t12-,13+,14+,15-,16+/m0/s1. The largest absolute Gasteiger partial charge is 0.395 e. The van der Waals surface area contributed by atoms with Gasteiger partial charge in [0.05, 0.1) is 12.2 Å². The molecule has 3 rings (SSSR count). The van der Waals surface area contributed by atoms with E-state index in [4.69, 9.17) is 4.74 Å². The molecule has 5 atom stereocenters. The van der Waals surface area contributed by atoms with Crippen molar-refractivity contribution in [2.75, 3.05) is 13.2 Å². The third-order valence-electron chi connectivity index (χ3n) is 6.29. The van der Waals surface area contributed by atoms with Crippen molar-refractivity contribution in [3.63, 3.8) is 0 Å². The molecule has 102 valence electrons. The molecular weight excluding hydrogens is 224 g/mol. The zero-order valence-electron chi connectivity index (χ0n) is 11.9. The molecule has 2 heteroatoms. The summed E-state index contributed by atoms with van der Waals surface area (Å²) < 4.78 is 6.07. The molecule has 18 heavy (non-hydrogen) atoms. The Balaban J connectivity index is 2.01. The van der Waals surface area contributed by atoms with E-state index >= 15 is 0 Å². The van der Waals surface area contributed by atoms with Crippen molar-refractivity contribution in [2.45, 2.75) is 52.1 Å². The fraction of sp³-hybridized carbons (Fsp3) is 0.875. The Labute approximate surface area is 110 Å². The van der Waals surface area contributed by atoms with Crippen LogP contribution in [0, 0.1) is 22.7 Å². The number of rotatable bonds is 1. The van der Waals surface area contributed by atoms with Crippen LogP contribution in [-0.2, 0) is 4.74 Å². The molecule has 0 aromatic rings. The maximum atomic E-state index is 9.83. The topological polar surface area (TPSA) is 29.5 Å². The molecule has 3 aliphatic rings. The predicted octanol–water partition coefficient (Wildman–Crippen LogP) is 3.16. The first-order valence-corrected chi connectivity index (χ1v) is 7.37. The van der Waals surface area contributed by atoms with Crippen molar-refractivity contribution in [3.05, 3.63) is 12.2 Å². The lowest BCUT2D eigenvalue weighted by atomic mass is 9.47. The minimum Gasteiger partial charge on any atom is -0.395 e. The fourth-order valence-corrected chi connectivity index (χ4v) is 5.32. The number of hydrogen-bond acceptors (Lipinski definition) is 2. The minimum atomic E-state index is -0.0308. The quantitative estimate of drug-likeness (QED) is 0.724. The number of aliphatic hydroxyl groups is 1. The Morgan fingerprint density at radius 3 is 2.72 bits per heavy atom. The van der Waals surface area contributed by atoms with Crippen LogP contribution in [0.1, 0.15) is 46.5 Å². The van der Waals surface area contributed by atoms with Gasteiger partial charge in [0.2, 0.25) is 0 Å². The highest BCUT2D eigenvalue weighted by molar-refractivity contribution is 5.18. The van der Waals surface area contributed by atoms with Crippen molar-refractivity contribution in [2.24, 2.45) is 22.7 Å². The van der Waals surface area contributed by atoms with E-state index in [9.17, 15) is 5.11 Å². The van der Waals surface area contributed by atoms with Gasteiger partial charge in [-0.05, 0) is 49.9 Å². The molecule has 0 aromatic heterocycles. The molecule has 0 radical (unpaired) electrons. The van der Waals surface area contributed by atoms with E-state index in [-0.39, 0.29) is 17.6 Å². The van der Waals surface area contributed by atoms with Crippen LogP contribution < -0.4 is 0 Å². The summed E-state index contributed by atoms with van der Waals surface area (Å²) in [5, 5.41) is 9.83. The van der Waals surface area contributed by atoms with E-state index < -0.39 is 0 Å². The van der Waals surface area contributed by atoms with Gasteiger partial charge in [-0.15, -0.1) is 0 Å². The van der Waals surface area contributed by atoms with Gasteiger partial charge in [0.15, 0.2) is 0 Å². The van der Waals surface area contributed by atoms with Crippen LogP contribution in [0.3, 0.4) is 0 Å². The summed E-state index contributed by atoms with van der Waals surface area (Å²) >= 11 is 0. The lowest BCUT2D eigenvalue weighted by Gasteiger charge is -2.58. The first-order valence-electron chi connectivity index (χ1n) is 7.37. The van der Waals surface area contributed by atoms with Crippen LogP contribution in [0.4, 0.5) is 0 Å². The zero-order valence-corrected chi connectivity index (χ0v) is 11.9. The van der Waals surface area contributed by atoms with Crippen molar-refractivity contribution < 1.29 is 9.84 Å². The second-order valence-electron chi connectivity index (χ2n) is 7.37. The monoisotopic (exact) mass is 250 g/mol. The van der Waals surface area contributed by atoms with Crippen LogP contribution in [0.15, 0.2) is 12.2 Å². The Kier molecular flexibility index (Phi) is 2.70. The third-order valence-corrected chi connectivity index (χ3v) is 6.29. The van der Waals surface area contributed by atoms with Gasteiger partial charge in [-0.25, -0.2) is 0 Å². The number of allylic oxidation sites excluding steroid dienone is 1. The summed E-state index contributed by atoms with van der Waals surface area (Å²) in [4.78, 5) is 0. The van der Waals surface area contributed by atoms with Gasteiger partial charge < -0.3 is 9.84 Å². The Bertz CT molecular complexity index is 377. The number of fused-ring (bicyclic) bond motifs is 3. The molecule has 1 aliphatic heterocycles. The molecule has 1 saturated heterocycles. The molecule has 0 unspecified atom stereocenters. The SMILES string of the molecule is C[C@]12CC=C[C@](C)(CO)[C@@H]1CC[C@@]1(C)OCC[C@H]21. The average Bonchev–Trinajstić information content (AvgIpc) is 2.72. The second kappa shape index (κ2) is 3.83. The van der Waals surface area contributed by atoms with Crippen LogP contribution in [-0.4, -0.2) is 23.9 Å². The van der Waals surface area contributed by atoms with Gasteiger partial charge in [-0.1, -0.05) is 26.0 Å². The van der Waals surface area contributed by atoms with E-state index in [0.29, 0.717) is 17.3 Å². The Morgan fingerprint density at radius 2 is 2.00 bits per heavy atom. The van der Waals surface area contributed by atoms with Gasteiger partial charge in [-0.2, -0.15) is 0 Å². The van der Waals surface area contributed by atoms with Crippen molar-refractivity contribution in [1.29, 1.82) is 0 Å². The summed E-state index contributed by atoms with van der Waals surface area (Å²) in [6.45, 7) is 8.16. The number of hydrogen-bond donors (Lipinski definition) is 1. The predicted molar refractivity (Wildman–Crippen MR) is 72.2 cm³/mol. The van der Waals surface area contributed by atoms with E-state index in [2.05, 4.69) is 32.9 Å². The van der Waals surface area contributed by atoms with Gasteiger partial charge in [0.25, 0.3) is 0 Å². The molecule has 0 aromatic carbocycles. The highest BCUT2D eigenvalue weighted by atomic mass is 16.5. The fourth-order valence-electron chi connectivity index (χ4n) is 5.32. The lowest BCUT2D eigenvalue weighted by molar-refractivity contribution is -0.132. The van der Waals surface area contributed by atoms with Crippen LogP contribution in [0.2, 0.25) is 0 Å². The molecule has 1 heterocycles. The molecule has 1 N–H and O–H groups in total. The summed E-state index contributed by atoms with van der Waals surface area (Å²) in [5.41, 5.74) is 0.361. The molecular formula is C16H26O2. The minimum absolute atomic E-state index is 0.0308. The Morgan fingerprint density at radius 1 is 1.22 bits per heavy atom. The molecule has 0 spiro atoms. The lowest BCUT2D eigenvalue weighted by Crippen LogP contribution is -2.56. The van der Waals surface area contributed by atoms with Crippen LogP contribution >= 0.6 is 0 Å². The van der Waals surface area contributed by atoms with Gasteiger partial charge >= 0.3 is 0 Å². The van der Waals surface area contributed by atoms with Gasteiger partial charge in [-0.3, -0.25) is 0 Å². The van der Waals surface area contributed by atoms with E-state index in [1.807, 2.05) is 0 Å². The first kappa shape index (κ1) is 12.7. The van der Waals surface area contributed by atoms with E-state index in [1.54, 1.807) is 0 Å². The summed E-state index contributed by atoms with van der Waals surface area (Å²) in [6, 6.07) is 0. The Hall–Kier alpha value is -0.340. The molecule has 2 fully saturated rings. The van der Waals surface area contributed by atoms with E-state index in [1.165, 1.54) is 12.8 Å². The summed E-state index contributed by atoms with van der Waals surface area (Å²) in [7, 11) is 0. The zero-order chi connectivity index (χ0) is 13.0. The average molecular weight is 250 g/mol. The molecule has 0 bridgehead atoms. The van der Waals surface area contributed by atoms with E-state index in [0.717, 1.165) is 19.4 Å². The highest BCUT2D eigenvalue weighted by Gasteiger charge is 2.60. The number of aliphatic hydroxyl groups excluding tert-OH is 1. The van der Waals surface area contributed by atoms with Gasteiger partial charge in [0, 0.05) is 12.0 Å². The van der Waals surface area contributed by atoms with Crippen LogP contribution in [0.25, 0.3) is 0 Å². The first-order chi connectivity index (χ1) is 8.45. The maximum absolute atomic E-state index is 9.83. The molecule has 0 amide bonds. The normalized spacial score (nSPS) is 55.1. The van der Waals surface area contributed by atoms with Gasteiger partial charge in [0.1, 0.15) is 0 Å². The molecule has 2 nitrogen and oxygen atoms in total. The maximum Gasteiger partial charge on any atom is 0.0688 e. The highest BCUT2D eigenvalue weighted by Crippen LogP contribution is 2.63. The summed E-state index contributed by atoms with van der Waals surface area (Å²) in [6.07, 6.45) is 9.25. The second-order valence-corrected chi connectivity index (χ2v) is 7.37. The van der Waals surface area contributed by atoms with Crippen LogP contribution in [0.5, 0.6) is 0 Å².